The number of nitrogens with one attached hydrogen (secondary N) is 1. The molecule has 1 amide bonds. The molecule has 0 saturated carbocycles. The molecule has 138 valence electrons. The van der Waals surface area contributed by atoms with E-state index in [4.69, 9.17) is 4.74 Å². The first kappa shape index (κ1) is 18.5. The van der Waals surface area contributed by atoms with Gasteiger partial charge in [-0.2, -0.15) is 0 Å². The number of carbonyl (C=O) groups excluding carboxylic acids is 1. The molecule has 2 aromatic carbocycles. The Morgan fingerprint density at radius 1 is 1.12 bits per heavy atom. The van der Waals surface area contributed by atoms with Gasteiger partial charge in [0.1, 0.15) is 5.75 Å². The summed E-state index contributed by atoms with van der Waals surface area (Å²) in [7, 11) is 0. The third kappa shape index (κ3) is 5.33. The fourth-order valence-corrected chi connectivity index (χ4v) is 3.32. The summed E-state index contributed by atoms with van der Waals surface area (Å²) >= 11 is 0. The normalized spacial score (nSPS) is 15.6. The number of ether oxygens (including phenoxy) is 1. The van der Waals surface area contributed by atoms with E-state index in [0.29, 0.717) is 6.54 Å². The molecule has 1 heterocycles. The van der Waals surface area contributed by atoms with Crippen LogP contribution in [0, 0.1) is 6.92 Å². The van der Waals surface area contributed by atoms with Gasteiger partial charge in [-0.25, -0.2) is 0 Å². The van der Waals surface area contributed by atoms with Crippen LogP contribution in [-0.2, 0) is 17.9 Å². The van der Waals surface area contributed by atoms with Crippen LogP contribution in [0.5, 0.6) is 5.75 Å². The van der Waals surface area contributed by atoms with Crippen molar-refractivity contribution in [1.82, 2.24) is 10.2 Å². The van der Waals surface area contributed by atoms with Gasteiger partial charge in [0.2, 0.25) is 0 Å². The lowest BCUT2D eigenvalue weighted by Crippen LogP contribution is -2.35. The molecule has 4 heteroatoms. The minimum absolute atomic E-state index is 0.101. The van der Waals surface area contributed by atoms with Crippen molar-refractivity contribution < 1.29 is 9.53 Å². The van der Waals surface area contributed by atoms with Crippen LogP contribution in [0.4, 0.5) is 0 Å². The SMILES string of the molecule is Cc1cccc(OC(C)C(=O)NCc2cccc(CN3CCCC3)c2)c1. The van der Waals surface area contributed by atoms with E-state index in [0.717, 1.165) is 23.4 Å². The quantitative estimate of drug-likeness (QED) is 0.827. The maximum Gasteiger partial charge on any atom is 0.261 e. The molecule has 0 bridgehead atoms. The Bertz CT molecular complexity index is 738. The van der Waals surface area contributed by atoms with E-state index in [1.165, 1.54) is 31.5 Å². The monoisotopic (exact) mass is 352 g/mol. The molecule has 1 unspecified atom stereocenters. The van der Waals surface area contributed by atoms with Crippen molar-refractivity contribution in [2.75, 3.05) is 13.1 Å². The topological polar surface area (TPSA) is 41.6 Å². The minimum Gasteiger partial charge on any atom is -0.481 e. The van der Waals surface area contributed by atoms with E-state index < -0.39 is 6.10 Å². The number of likely N-dealkylation sites (tertiary alicyclic amines) is 1. The third-order valence-corrected chi connectivity index (χ3v) is 4.73. The Kier molecular flexibility index (Phi) is 6.29. The highest BCUT2D eigenvalue weighted by atomic mass is 16.5. The Hall–Kier alpha value is -2.33. The molecule has 1 saturated heterocycles. The zero-order valence-electron chi connectivity index (χ0n) is 15.7. The molecule has 0 radical (unpaired) electrons. The fourth-order valence-electron chi connectivity index (χ4n) is 3.32. The van der Waals surface area contributed by atoms with Crippen molar-refractivity contribution in [3.63, 3.8) is 0 Å². The average molecular weight is 352 g/mol. The Balaban J connectivity index is 1.50. The number of hydrogen-bond donors (Lipinski definition) is 1. The molecule has 1 aliphatic heterocycles. The summed E-state index contributed by atoms with van der Waals surface area (Å²) in [5.41, 5.74) is 3.55. The van der Waals surface area contributed by atoms with Crippen LogP contribution in [0.15, 0.2) is 48.5 Å². The molecular weight excluding hydrogens is 324 g/mol. The number of hydrogen-bond acceptors (Lipinski definition) is 3. The third-order valence-electron chi connectivity index (χ3n) is 4.73. The highest BCUT2D eigenvalue weighted by molar-refractivity contribution is 5.80. The van der Waals surface area contributed by atoms with E-state index in [-0.39, 0.29) is 5.91 Å². The first-order valence-electron chi connectivity index (χ1n) is 9.41. The van der Waals surface area contributed by atoms with Gasteiger partial charge in [0.25, 0.3) is 5.91 Å². The highest BCUT2D eigenvalue weighted by Crippen LogP contribution is 2.15. The second-order valence-electron chi connectivity index (χ2n) is 7.10. The summed E-state index contributed by atoms with van der Waals surface area (Å²) in [6.45, 7) is 7.68. The Labute approximate surface area is 156 Å². The van der Waals surface area contributed by atoms with Crippen molar-refractivity contribution in [3.8, 4) is 5.75 Å². The molecule has 0 aromatic heterocycles. The van der Waals surface area contributed by atoms with E-state index in [1.54, 1.807) is 6.92 Å². The highest BCUT2D eigenvalue weighted by Gasteiger charge is 2.15. The number of nitrogens with zero attached hydrogens (tertiary/aromatic N) is 1. The minimum atomic E-state index is -0.524. The zero-order valence-corrected chi connectivity index (χ0v) is 15.7. The van der Waals surface area contributed by atoms with Crippen molar-refractivity contribution in [2.24, 2.45) is 0 Å². The molecule has 1 aliphatic rings. The Morgan fingerprint density at radius 2 is 1.85 bits per heavy atom. The molecule has 2 aromatic rings. The molecule has 0 aliphatic carbocycles. The lowest BCUT2D eigenvalue weighted by atomic mass is 10.1. The van der Waals surface area contributed by atoms with E-state index in [2.05, 4.69) is 34.5 Å². The van der Waals surface area contributed by atoms with Gasteiger partial charge in [0, 0.05) is 13.1 Å². The molecule has 26 heavy (non-hydrogen) atoms. The van der Waals surface area contributed by atoms with Crippen LogP contribution in [0.3, 0.4) is 0 Å². The molecule has 4 nitrogen and oxygen atoms in total. The summed E-state index contributed by atoms with van der Waals surface area (Å²) in [6, 6.07) is 16.2. The van der Waals surface area contributed by atoms with Gasteiger partial charge in [0.05, 0.1) is 0 Å². The summed E-state index contributed by atoms with van der Waals surface area (Å²) in [5, 5.41) is 2.98. The molecule has 1 atom stereocenters. The van der Waals surface area contributed by atoms with Gasteiger partial charge < -0.3 is 10.1 Å². The zero-order chi connectivity index (χ0) is 18.4. The van der Waals surface area contributed by atoms with E-state index in [9.17, 15) is 4.79 Å². The van der Waals surface area contributed by atoms with Gasteiger partial charge >= 0.3 is 0 Å². The van der Waals surface area contributed by atoms with Gasteiger partial charge in [-0.1, -0.05) is 36.4 Å². The number of benzene rings is 2. The standard InChI is InChI=1S/C22H28N2O2/c1-17-7-5-10-21(13-17)26-18(2)22(25)23-15-19-8-6-9-20(14-19)16-24-11-3-4-12-24/h5-10,13-14,18H,3-4,11-12,15-16H2,1-2H3,(H,23,25). The van der Waals surface area contributed by atoms with Crippen molar-refractivity contribution in [2.45, 2.75) is 45.9 Å². The van der Waals surface area contributed by atoms with Crippen LogP contribution in [0.25, 0.3) is 0 Å². The number of rotatable bonds is 7. The smallest absolute Gasteiger partial charge is 0.261 e. The predicted molar refractivity (Wildman–Crippen MR) is 104 cm³/mol. The molecule has 3 rings (SSSR count). The van der Waals surface area contributed by atoms with Crippen LogP contribution < -0.4 is 10.1 Å². The van der Waals surface area contributed by atoms with Crippen LogP contribution in [0.2, 0.25) is 0 Å². The van der Waals surface area contributed by atoms with Gasteiger partial charge in [0.15, 0.2) is 6.10 Å². The number of aryl methyl sites for hydroxylation is 1. The van der Waals surface area contributed by atoms with Gasteiger partial charge in [-0.15, -0.1) is 0 Å². The van der Waals surface area contributed by atoms with Gasteiger partial charge in [-0.3, -0.25) is 9.69 Å². The van der Waals surface area contributed by atoms with E-state index >= 15 is 0 Å². The lowest BCUT2D eigenvalue weighted by molar-refractivity contribution is -0.127. The number of amides is 1. The predicted octanol–water partition coefficient (Wildman–Crippen LogP) is 3.67. The Morgan fingerprint density at radius 3 is 2.62 bits per heavy atom. The first-order chi connectivity index (χ1) is 12.6. The number of carbonyl (C=O) groups is 1. The second-order valence-corrected chi connectivity index (χ2v) is 7.10. The van der Waals surface area contributed by atoms with Crippen LogP contribution in [-0.4, -0.2) is 30.0 Å². The fraction of sp³-hybridized carbons (Fsp3) is 0.409. The summed E-state index contributed by atoms with van der Waals surface area (Å²) in [4.78, 5) is 14.8. The maximum atomic E-state index is 12.3. The average Bonchev–Trinajstić information content (AvgIpc) is 3.13. The van der Waals surface area contributed by atoms with Crippen molar-refractivity contribution >= 4 is 5.91 Å². The van der Waals surface area contributed by atoms with Crippen LogP contribution in [0.1, 0.15) is 36.5 Å². The second kappa shape index (κ2) is 8.86. The first-order valence-corrected chi connectivity index (χ1v) is 9.41. The lowest BCUT2D eigenvalue weighted by Gasteiger charge is -2.16. The van der Waals surface area contributed by atoms with Gasteiger partial charge in [-0.05, 0) is 68.6 Å². The molecule has 0 spiro atoms. The summed E-state index contributed by atoms with van der Waals surface area (Å²) in [5.74, 6) is 0.622. The maximum absolute atomic E-state index is 12.3. The molecular formula is C22H28N2O2. The van der Waals surface area contributed by atoms with Crippen molar-refractivity contribution in [1.29, 1.82) is 0 Å². The summed E-state index contributed by atoms with van der Waals surface area (Å²) in [6.07, 6.45) is 2.08. The molecule has 1 N–H and O–H groups in total. The molecule has 1 fully saturated rings. The summed E-state index contributed by atoms with van der Waals surface area (Å²) < 4.78 is 5.74. The largest absolute Gasteiger partial charge is 0.481 e. The van der Waals surface area contributed by atoms with E-state index in [1.807, 2.05) is 31.2 Å². The van der Waals surface area contributed by atoms with Crippen LogP contribution >= 0.6 is 0 Å². The van der Waals surface area contributed by atoms with Crippen molar-refractivity contribution in [3.05, 3.63) is 65.2 Å².